The summed E-state index contributed by atoms with van der Waals surface area (Å²) in [5, 5.41) is 2.84. The van der Waals surface area contributed by atoms with Gasteiger partial charge in [0.2, 0.25) is 0 Å². The van der Waals surface area contributed by atoms with Crippen molar-refractivity contribution >= 4 is 6.03 Å². The Balaban J connectivity index is 0.000000461. The van der Waals surface area contributed by atoms with Gasteiger partial charge in [-0.3, -0.25) is 0 Å². The zero-order valence-electron chi connectivity index (χ0n) is 7.85. The van der Waals surface area contributed by atoms with E-state index >= 15 is 0 Å². The van der Waals surface area contributed by atoms with Crippen LogP contribution in [0.1, 0.15) is 26.7 Å². The van der Waals surface area contributed by atoms with Gasteiger partial charge < -0.3 is 10.2 Å². The SMILES string of the molecule is CC.CN(C)C(=O)NC1CC1. The lowest BCUT2D eigenvalue weighted by atomic mass is 10.7. The Morgan fingerprint density at radius 1 is 1.36 bits per heavy atom. The topological polar surface area (TPSA) is 32.3 Å². The first-order chi connectivity index (χ1) is 5.20. The summed E-state index contributed by atoms with van der Waals surface area (Å²) >= 11 is 0. The molecule has 3 heteroatoms. The van der Waals surface area contributed by atoms with Crippen LogP contribution in [0.3, 0.4) is 0 Å². The van der Waals surface area contributed by atoms with Gasteiger partial charge in [0.15, 0.2) is 0 Å². The third-order valence-corrected chi connectivity index (χ3v) is 1.31. The smallest absolute Gasteiger partial charge is 0.317 e. The molecule has 1 aliphatic carbocycles. The molecule has 0 aromatic carbocycles. The molecule has 0 unspecified atom stereocenters. The number of nitrogens with one attached hydrogen (secondary N) is 1. The molecule has 0 aromatic rings. The van der Waals surface area contributed by atoms with E-state index in [0.29, 0.717) is 6.04 Å². The van der Waals surface area contributed by atoms with Crippen molar-refractivity contribution in [1.29, 1.82) is 0 Å². The molecule has 1 saturated carbocycles. The van der Waals surface area contributed by atoms with E-state index in [0.717, 1.165) is 12.8 Å². The van der Waals surface area contributed by atoms with E-state index < -0.39 is 0 Å². The van der Waals surface area contributed by atoms with Crippen LogP contribution in [0, 0.1) is 0 Å². The average molecular weight is 158 g/mol. The normalized spacial score (nSPS) is 14.5. The minimum absolute atomic E-state index is 0.0255. The summed E-state index contributed by atoms with van der Waals surface area (Å²) in [7, 11) is 3.50. The van der Waals surface area contributed by atoms with Gasteiger partial charge in [0.05, 0.1) is 0 Å². The molecule has 11 heavy (non-hydrogen) atoms. The van der Waals surface area contributed by atoms with Gasteiger partial charge in [0.1, 0.15) is 0 Å². The summed E-state index contributed by atoms with van der Waals surface area (Å²) in [6.45, 7) is 4.00. The number of nitrogens with zero attached hydrogens (tertiary/aromatic N) is 1. The summed E-state index contributed by atoms with van der Waals surface area (Å²) in [6, 6.07) is 0.498. The maximum Gasteiger partial charge on any atom is 0.317 e. The molecule has 0 radical (unpaired) electrons. The second kappa shape index (κ2) is 4.99. The molecule has 1 fully saturated rings. The summed E-state index contributed by atoms with van der Waals surface area (Å²) in [4.78, 5) is 12.4. The number of hydrogen-bond donors (Lipinski definition) is 1. The van der Waals surface area contributed by atoms with E-state index in [4.69, 9.17) is 0 Å². The van der Waals surface area contributed by atoms with Crippen molar-refractivity contribution < 1.29 is 4.79 Å². The summed E-state index contributed by atoms with van der Waals surface area (Å²) in [5.74, 6) is 0. The Hall–Kier alpha value is -0.730. The zero-order chi connectivity index (χ0) is 8.85. The van der Waals surface area contributed by atoms with Crippen molar-refractivity contribution in [3.8, 4) is 0 Å². The number of rotatable bonds is 1. The van der Waals surface area contributed by atoms with Crippen LogP contribution in [-0.2, 0) is 0 Å². The van der Waals surface area contributed by atoms with Crippen molar-refractivity contribution in [1.82, 2.24) is 10.2 Å². The Bertz CT molecular complexity index is 119. The highest BCUT2D eigenvalue weighted by Crippen LogP contribution is 2.18. The molecular weight excluding hydrogens is 140 g/mol. The number of carbonyl (C=O) groups excluding carboxylic acids is 1. The third-order valence-electron chi connectivity index (χ3n) is 1.31. The van der Waals surface area contributed by atoms with Crippen LogP contribution < -0.4 is 5.32 Å². The number of amides is 2. The van der Waals surface area contributed by atoms with Crippen molar-refractivity contribution in [2.75, 3.05) is 14.1 Å². The van der Waals surface area contributed by atoms with E-state index in [2.05, 4.69) is 5.32 Å². The highest BCUT2D eigenvalue weighted by atomic mass is 16.2. The Morgan fingerprint density at radius 3 is 2.09 bits per heavy atom. The molecular formula is C8H18N2O. The van der Waals surface area contributed by atoms with Gasteiger partial charge in [0.25, 0.3) is 0 Å². The summed E-state index contributed by atoms with van der Waals surface area (Å²) in [5.41, 5.74) is 0. The van der Waals surface area contributed by atoms with Crippen LogP contribution in [0.4, 0.5) is 4.79 Å². The van der Waals surface area contributed by atoms with Crippen LogP contribution in [0.2, 0.25) is 0 Å². The van der Waals surface area contributed by atoms with E-state index in [1.807, 2.05) is 13.8 Å². The van der Waals surface area contributed by atoms with Gasteiger partial charge in [0, 0.05) is 20.1 Å². The number of carbonyl (C=O) groups is 1. The van der Waals surface area contributed by atoms with Crippen molar-refractivity contribution in [2.45, 2.75) is 32.7 Å². The molecule has 0 aromatic heterocycles. The van der Waals surface area contributed by atoms with Crippen LogP contribution >= 0.6 is 0 Å². The molecule has 66 valence electrons. The molecule has 0 aliphatic heterocycles. The highest BCUT2D eigenvalue weighted by Gasteiger charge is 2.23. The van der Waals surface area contributed by atoms with Gasteiger partial charge in [-0.25, -0.2) is 4.79 Å². The first kappa shape index (κ1) is 10.3. The van der Waals surface area contributed by atoms with Crippen LogP contribution in [-0.4, -0.2) is 31.1 Å². The predicted octanol–water partition coefficient (Wildman–Crippen LogP) is 1.45. The molecule has 0 heterocycles. The van der Waals surface area contributed by atoms with Crippen LogP contribution in [0.15, 0.2) is 0 Å². The first-order valence-electron chi connectivity index (χ1n) is 4.18. The third kappa shape index (κ3) is 4.65. The first-order valence-corrected chi connectivity index (χ1v) is 4.18. The van der Waals surface area contributed by atoms with E-state index in [9.17, 15) is 4.79 Å². The standard InChI is InChI=1S/C6H12N2O.C2H6/c1-8(2)6(9)7-5-3-4-5;1-2/h5H,3-4H2,1-2H3,(H,7,9);1-2H3. The minimum Gasteiger partial charge on any atom is -0.335 e. The quantitative estimate of drug-likeness (QED) is 0.615. The van der Waals surface area contributed by atoms with Gasteiger partial charge >= 0.3 is 6.03 Å². The maximum atomic E-state index is 10.8. The predicted molar refractivity (Wildman–Crippen MR) is 46.6 cm³/mol. The molecule has 2 amide bonds. The van der Waals surface area contributed by atoms with Crippen molar-refractivity contribution in [2.24, 2.45) is 0 Å². The van der Waals surface area contributed by atoms with Crippen molar-refractivity contribution in [3.05, 3.63) is 0 Å². The van der Waals surface area contributed by atoms with Crippen LogP contribution in [0.25, 0.3) is 0 Å². The van der Waals surface area contributed by atoms with Crippen molar-refractivity contribution in [3.63, 3.8) is 0 Å². The highest BCUT2D eigenvalue weighted by molar-refractivity contribution is 5.74. The average Bonchev–Trinajstić information content (AvgIpc) is 2.76. The minimum atomic E-state index is 0.0255. The second-order valence-corrected chi connectivity index (χ2v) is 2.62. The molecule has 1 rings (SSSR count). The lowest BCUT2D eigenvalue weighted by molar-refractivity contribution is 0.217. The lowest BCUT2D eigenvalue weighted by Gasteiger charge is -2.10. The number of hydrogen-bond acceptors (Lipinski definition) is 1. The molecule has 3 nitrogen and oxygen atoms in total. The van der Waals surface area contributed by atoms with Crippen LogP contribution in [0.5, 0.6) is 0 Å². The molecule has 0 spiro atoms. The lowest BCUT2D eigenvalue weighted by Crippen LogP contribution is -2.35. The molecule has 1 N–H and O–H groups in total. The molecule has 0 bridgehead atoms. The fourth-order valence-corrected chi connectivity index (χ4v) is 0.531. The van der Waals surface area contributed by atoms with E-state index in [1.54, 1.807) is 19.0 Å². The molecule has 0 atom stereocenters. The Morgan fingerprint density at radius 2 is 1.82 bits per heavy atom. The fraction of sp³-hybridized carbons (Fsp3) is 0.875. The Kier molecular flexibility index (Phi) is 4.66. The molecule has 0 saturated heterocycles. The molecule has 1 aliphatic rings. The van der Waals surface area contributed by atoms with Gasteiger partial charge in [-0.1, -0.05) is 13.8 Å². The second-order valence-electron chi connectivity index (χ2n) is 2.62. The fourth-order valence-electron chi connectivity index (χ4n) is 0.531. The number of urea groups is 1. The zero-order valence-corrected chi connectivity index (χ0v) is 7.85. The van der Waals surface area contributed by atoms with Gasteiger partial charge in [-0.2, -0.15) is 0 Å². The van der Waals surface area contributed by atoms with E-state index in [-0.39, 0.29) is 6.03 Å². The van der Waals surface area contributed by atoms with Gasteiger partial charge in [-0.05, 0) is 12.8 Å². The maximum absolute atomic E-state index is 10.8. The largest absolute Gasteiger partial charge is 0.335 e. The monoisotopic (exact) mass is 158 g/mol. The van der Waals surface area contributed by atoms with Gasteiger partial charge in [-0.15, -0.1) is 0 Å². The van der Waals surface area contributed by atoms with E-state index in [1.165, 1.54) is 0 Å². The summed E-state index contributed by atoms with van der Waals surface area (Å²) < 4.78 is 0. The summed E-state index contributed by atoms with van der Waals surface area (Å²) in [6.07, 6.45) is 2.30. The Labute approximate surface area is 68.8 Å².